The molecule has 4 rings (SSSR count). The number of methoxy groups -OCH3 is 3. The van der Waals surface area contributed by atoms with Gasteiger partial charge in [0, 0.05) is 12.1 Å². The molecular formula is C24H28N2O4. The predicted octanol–water partition coefficient (Wildman–Crippen LogP) is 4.96. The van der Waals surface area contributed by atoms with Crippen LogP contribution in [0.4, 0.5) is 11.4 Å². The lowest BCUT2D eigenvalue weighted by molar-refractivity contribution is -0.124. The number of nitrogens with zero attached hydrogens (tertiary/aromatic N) is 1. The number of anilines is 1. The number of ether oxygens (including phenoxy) is 3. The van der Waals surface area contributed by atoms with Crippen LogP contribution in [0.3, 0.4) is 0 Å². The molecule has 6 nitrogen and oxygen atoms in total. The maximum absolute atomic E-state index is 13.4. The Morgan fingerprint density at radius 1 is 1.00 bits per heavy atom. The molecule has 2 aromatic rings. The summed E-state index contributed by atoms with van der Waals surface area (Å²) < 4.78 is 16.6. The van der Waals surface area contributed by atoms with Crippen LogP contribution in [0, 0.1) is 11.3 Å². The minimum atomic E-state index is -0.353. The molecule has 1 saturated carbocycles. The summed E-state index contributed by atoms with van der Waals surface area (Å²) in [4.78, 5) is 18.3. The third-order valence-electron chi connectivity index (χ3n) is 5.88. The number of fused-ring (bicyclic) bond motifs is 2. The largest absolute Gasteiger partial charge is 0.493 e. The van der Waals surface area contributed by atoms with Crippen LogP contribution in [0.1, 0.15) is 38.3 Å². The van der Waals surface area contributed by atoms with Crippen molar-refractivity contribution in [1.29, 1.82) is 0 Å². The highest BCUT2D eigenvalue weighted by molar-refractivity contribution is 6.10. The Kier molecular flexibility index (Phi) is 5.18. The first kappa shape index (κ1) is 20.3. The lowest BCUT2D eigenvalue weighted by Gasteiger charge is -2.37. The Morgan fingerprint density at radius 3 is 2.30 bits per heavy atom. The average Bonchev–Trinajstić information content (AvgIpc) is 2.88. The van der Waals surface area contributed by atoms with Gasteiger partial charge in [0.05, 0.1) is 44.7 Å². The molecule has 1 aliphatic carbocycles. The van der Waals surface area contributed by atoms with E-state index in [4.69, 9.17) is 19.2 Å². The summed E-state index contributed by atoms with van der Waals surface area (Å²) in [5, 5.41) is 3.59. The van der Waals surface area contributed by atoms with Gasteiger partial charge in [-0.1, -0.05) is 26.0 Å². The minimum Gasteiger partial charge on any atom is -0.493 e. The molecule has 2 aliphatic rings. The average molecular weight is 408 g/mol. The van der Waals surface area contributed by atoms with E-state index in [2.05, 4.69) is 19.2 Å². The SMILES string of the molecule is COc1cc([C@H]2Nc3ccccc3N=C3CC(C)(C)CC(=O)C32)cc(OC)c1OC. The van der Waals surface area contributed by atoms with E-state index in [1.807, 2.05) is 36.4 Å². The molecule has 0 spiro atoms. The van der Waals surface area contributed by atoms with E-state index in [9.17, 15) is 4.79 Å². The lowest BCUT2D eigenvalue weighted by atomic mass is 9.68. The highest BCUT2D eigenvalue weighted by atomic mass is 16.5. The van der Waals surface area contributed by atoms with Gasteiger partial charge in [-0.3, -0.25) is 9.79 Å². The second-order valence-electron chi connectivity index (χ2n) is 8.66. The van der Waals surface area contributed by atoms with Crippen molar-refractivity contribution < 1.29 is 19.0 Å². The van der Waals surface area contributed by atoms with E-state index in [0.29, 0.717) is 23.7 Å². The molecule has 0 saturated heterocycles. The van der Waals surface area contributed by atoms with Crippen molar-refractivity contribution in [3.8, 4) is 17.2 Å². The zero-order valence-electron chi connectivity index (χ0n) is 18.1. The van der Waals surface area contributed by atoms with Crippen LogP contribution >= 0.6 is 0 Å². The van der Waals surface area contributed by atoms with Crippen molar-refractivity contribution in [2.45, 2.75) is 32.7 Å². The number of rotatable bonds is 4. The van der Waals surface area contributed by atoms with Gasteiger partial charge >= 0.3 is 0 Å². The highest BCUT2D eigenvalue weighted by Gasteiger charge is 2.44. The fraction of sp³-hybridized carbons (Fsp3) is 0.417. The molecule has 6 heteroatoms. The van der Waals surface area contributed by atoms with Gasteiger partial charge in [-0.05, 0) is 41.7 Å². The van der Waals surface area contributed by atoms with Gasteiger partial charge in [-0.2, -0.15) is 0 Å². The van der Waals surface area contributed by atoms with Gasteiger partial charge in [-0.15, -0.1) is 0 Å². The molecule has 1 N–H and O–H groups in total. The molecule has 2 aromatic carbocycles. The van der Waals surface area contributed by atoms with Crippen molar-refractivity contribution >= 4 is 22.9 Å². The fourth-order valence-electron chi connectivity index (χ4n) is 4.57. The van der Waals surface area contributed by atoms with E-state index < -0.39 is 0 Å². The predicted molar refractivity (Wildman–Crippen MR) is 118 cm³/mol. The van der Waals surface area contributed by atoms with Crippen LogP contribution in [0.5, 0.6) is 17.2 Å². The van der Waals surface area contributed by atoms with E-state index in [1.54, 1.807) is 21.3 Å². The second-order valence-corrected chi connectivity index (χ2v) is 8.66. The number of ketones is 1. The van der Waals surface area contributed by atoms with E-state index in [-0.39, 0.29) is 23.2 Å². The van der Waals surface area contributed by atoms with Crippen LogP contribution in [-0.4, -0.2) is 32.8 Å². The van der Waals surface area contributed by atoms with Gasteiger partial charge in [-0.25, -0.2) is 0 Å². The summed E-state index contributed by atoms with van der Waals surface area (Å²) in [7, 11) is 4.77. The van der Waals surface area contributed by atoms with Crippen molar-refractivity contribution in [3.63, 3.8) is 0 Å². The number of Topliss-reactive ketones (excluding diaryl/α,β-unsaturated/α-hetero) is 1. The summed E-state index contributed by atoms with van der Waals surface area (Å²) in [6.07, 6.45) is 1.30. The molecular weight excluding hydrogens is 380 g/mol. The maximum atomic E-state index is 13.4. The summed E-state index contributed by atoms with van der Waals surface area (Å²) in [6.45, 7) is 4.25. The Bertz CT molecular complexity index is 987. The number of hydrogen-bond donors (Lipinski definition) is 1. The molecule has 2 atom stereocenters. The summed E-state index contributed by atoms with van der Waals surface area (Å²) in [5.41, 5.74) is 3.48. The van der Waals surface area contributed by atoms with Crippen molar-refractivity contribution in [2.75, 3.05) is 26.6 Å². The Morgan fingerprint density at radius 2 is 1.67 bits per heavy atom. The Balaban J connectivity index is 1.89. The third-order valence-corrected chi connectivity index (χ3v) is 5.88. The number of carbonyl (C=O) groups is 1. The molecule has 1 aliphatic heterocycles. The first-order valence-electron chi connectivity index (χ1n) is 10.1. The monoisotopic (exact) mass is 408 g/mol. The zero-order valence-corrected chi connectivity index (χ0v) is 18.1. The second kappa shape index (κ2) is 7.67. The summed E-state index contributed by atoms with van der Waals surface area (Å²) in [6, 6.07) is 11.5. The number of nitrogens with one attached hydrogen (secondary N) is 1. The zero-order chi connectivity index (χ0) is 21.5. The summed E-state index contributed by atoms with van der Waals surface area (Å²) >= 11 is 0. The number of benzene rings is 2. The van der Waals surface area contributed by atoms with Crippen LogP contribution < -0.4 is 19.5 Å². The Hall–Kier alpha value is -3.02. The molecule has 0 aromatic heterocycles. The normalized spacial score (nSPS) is 22.0. The van der Waals surface area contributed by atoms with Gasteiger partial charge < -0.3 is 19.5 Å². The number of hydrogen-bond acceptors (Lipinski definition) is 6. The third kappa shape index (κ3) is 3.51. The molecule has 158 valence electrons. The number of aliphatic imine (C=N–C) groups is 1. The van der Waals surface area contributed by atoms with E-state index in [0.717, 1.165) is 29.1 Å². The lowest BCUT2D eigenvalue weighted by Crippen LogP contribution is -2.42. The van der Waals surface area contributed by atoms with Crippen LogP contribution in [0.2, 0.25) is 0 Å². The molecule has 1 unspecified atom stereocenters. The smallest absolute Gasteiger partial charge is 0.203 e. The maximum Gasteiger partial charge on any atom is 0.203 e. The molecule has 0 amide bonds. The van der Waals surface area contributed by atoms with Gasteiger partial charge in [0.15, 0.2) is 11.5 Å². The molecule has 0 bridgehead atoms. The van der Waals surface area contributed by atoms with Crippen LogP contribution in [-0.2, 0) is 4.79 Å². The molecule has 0 radical (unpaired) electrons. The van der Waals surface area contributed by atoms with E-state index in [1.165, 1.54) is 0 Å². The molecule has 1 fully saturated rings. The van der Waals surface area contributed by atoms with Crippen molar-refractivity contribution in [3.05, 3.63) is 42.0 Å². The van der Waals surface area contributed by atoms with Gasteiger partial charge in [0.2, 0.25) is 5.75 Å². The van der Waals surface area contributed by atoms with Gasteiger partial charge in [0.1, 0.15) is 5.78 Å². The van der Waals surface area contributed by atoms with Crippen molar-refractivity contribution in [2.24, 2.45) is 16.3 Å². The number of carbonyl (C=O) groups excluding carboxylic acids is 1. The van der Waals surface area contributed by atoms with Crippen molar-refractivity contribution in [1.82, 2.24) is 0 Å². The summed E-state index contributed by atoms with van der Waals surface area (Å²) in [5.74, 6) is 1.50. The highest BCUT2D eigenvalue weighted by Crippen LogP contribution is 2.47. The Labute approximate surface area is 177 Å². The first-order valence-corrected chi connectivity index (χ1v) is 10.1. The number of para-hydroxylation sites is 2. The quantitative estimate of drug-likeness (QED) is 0.775. The van der Waals surface area contributed by atoms with Gasteiger partial charge in [0.25, 0.3) is 0 Å². The molecule has 1 heterocycles. The first-order chi connectivity index (χ1) is 14.4. The fourth-order valence-corrected chi connectivity index (χ4v) is 4.57. The topological polar surface area (TPSA) is 69.2 Å². The van der Waals surface area contributed by atoms with Crippen LogP contribution in [0.15, 0.2) is 41.4 Å². The molecule has 30 heavy (non-hydrogen) atoms. The van der Waals surface area contributed by atoms with E-state index >= 15 is 0 Å². The van der Waals surface area contributed by atoms with Crippen LogP contribution in [0.25, 0.3) is 0 Å². The minimum absolute atomic E-state index is 0.106. The standard InChI is InChI=1S/C24H28N2O4/c1-24(2)12-17-21(18(27)13-24)22(26-16-9-7-6-8-15(16)25-17)14-10-19(28-3)23(30-5)20(11-14)29-4/h6-11,21-22,26H,12-13H2,1-5H3/t21?,22-/m1/s1.